The van der Waals surface area contributed by atoms with Gasteiger partial charge in [-0.1, -0.05) is 15.9 Å². The molecule has 0 unspecified atom stereocenters. The van der Waals surface area contributed by atoms with Crippen molar-refractivity contribution in [3.8, 4) is 0 Å². The number of nitrogens with zero attached hydrogens (tertiary/aromatic N) is 1. The first-order valence-corrected chi connectivity index (χ1v) is 5.10. The Labute approximate surface area is 89.4 Å². The van der Waals surface area contributed by atoms with Crippen LogP contribution in [0.3, 0.4) is 0 Å². The van der Waals surface area contributed by atoms with Crippen LogP contribution in [0.25, 0.3) is 6.08 Å². The van der Waals surface area contributed by atoms with E-state index in [1.54, 1.807) is 17.3 Å². The van der Waals surface area contributed by atoms with Gasteiger partial charge in [0.15, 0.2) is 0 Å². The molecule has 0 saturated heterocycles. The fourth-order valence-corrected chi connectivity index (χ4v) is 1.36. The van der Waals surface area contributed by atoms with Gasteiger partial charge in [-0.3, -0.25) is 14.3 Å². The van der Waals surface area contributed by atoms with Gasteiger partial charge in [0.05, 0.1) is 5.56 Å². The summed E-state index contributed by atoms with van der Waals surface area (Å²) in [5.74, 6) is 0. The van der Waals surface area contributed by atoms with Gasteiger partial charge in [0.1, 0.15) is 0 Å². The van der Waals surface area contributed by atoms with Crippen molar-refractivity contribution in [2.45, 2.75) is 19.9 Å². The molecule has 4 nitrogen and oxygen atoms in total. The summed E-state index contributed by atoms with van der Waals surface area (Å²) in [5.41, 5.74) is -0.297. The van der Waals surface area contributed by atoms with E-state index in [0.29, 0.717) is 5.56 Å². The summed E-state index contributed by atoms with van der Waals surface area (Å²) in [6.45, 7) is 3.75. The number of hydrogen-bond acceptors (Lipinski definition) is 2. The highest BCUT2D eigenvalue weighted by molar-refractivity contribution is 9.11. The fraction of sp³-hybridized carbons (Fsp3) is 0.333. The van der Waals surface area contributed by atoms with Gasteiger partial charge in [0.25, 0.3) is 5.56 Å². The largest absolute Gasteiger partial charge is 0.328 e. The lowest BCUT2D eigenvalue weighted by Crippen LogP contribution is -2.31. The molecular weight excluding hydrogens is 248 g/mol. The Morgan fingerprint density at radius 3 is 2.64 bits per heavy atom. The highest BCUT2D eigenvalue weighted by Crippen LogP contribution is 2.01. The molecule has 5 heteroatoms. The molecule has 0 bridgehead atoms. The van der Waals surface area contributed by atoms with Gasteiger partial charge >= 0.3 is 5.69 Å². The van der Waals surface area contributed by atoms with Crippen molar-refractivity contribution in [1.29, 1.82) is 0 Å². The molecule has 14 heavy (non-hydrogen) atoms. The molecule has 0 fully saturated rings. The van der Waals surface area contributed by atoms with Gasteiger partial charge in [0, 0.05) is 12.2 Å². The van der Waals surface area contributed by atoms with Gasteiger partial charge in [-0.05, 0) is 24.9 Å². The molecule has 76 valence electrons. The Bertz CT molecular complexity index is 457. The molecule has 1 aromatic rings. The van der Waals surface area contributed by atoms with Gasteiger partial charge < -0.3 is 0 Å². The first-order valence-electron chi connectivity index (χ1n) is 4.18. The van der Waals surface area contributed by atoms with Crippen LogP contribution in [0.5, 0.6) is 0 Å². The maximum absolute atomic E-state index is 11.3. The van der Waals surface area contributed by atoms with Crippen LogP contribution in [0.2, 0.25) is 0 Å². The summed E-state index contributed by atoms with van der Waals surface area (Å²) >= 11 is 3.08. The second kappa shape index (κ2) is 4.41. The van der Waals surface area contributed by atoms with Crippen molar-refractivity contribution in [2.75, 3.05) is 0 Å². The zero-order valence-corrected chi connectivity index (χ0v) is 9.54. The van der Waals surface area contributed by atoms with Crippen LogP contribution >= 0.6 is 15.9 Å². The number of aromatic nitrogens is 2. The highest BCUT2D eigenvalue weighted by atomic mass is 79.9. The van der Waals surface area contributed by atoms with Crippen molar-refractivity contribution in [3.63, 3.8) is 0 Å². The molecule has 1 N–H and O–H groups in total. The highest BCUT2D eigenvalue weighted by Gasteiger charge is 2.04. The average molecular weight is 259 g/mol. The number of hydrogen-bond donors (Lipinski definition) is 1. The topological polar surface area (TPSA) is 54.9 Å². The van der Waals surface area contributed by atoms with Gasteiger partial charge in [0.2, 0.25) is 0 Å². The molecule has 0 aliphatic carbocycles. The molecule has 1 rings (SSSR count). The molecule has 1 aromatic heterocycles. The lowest BCUT2D eigenvalue weighted by molar-refractivity contribution is 0.560. The minimum atomic E-state index is -0.378. The van der Waals surface area contributed by atoms with E-state index in [2.05, 4.69) is 20.9 Å². The van der Waals surface area contributed by atoms with Crippen molar-refractivity contribution in [1.82, 2.24) is 9.55 Å². The van der Waals surface area contributed by atoms with E-state index < -0.39 is 0 Å². The number of H-pyrrole nitrogens is 1. The zero-order chi connectivity index (χ0) is 10.7. The smallest absolute Gasteiger partial charge is 0.297 e. The maximum atomic E-state index is 11.3. The molecule has 0 saturated carbocycles. The van der Waals surface area contributed by atoms with Crippen molar-refractivity contribution in [2.24, 2.45) is 0 Å². The Morgan fingerprint density at radius 2 is 2.14 bits per heavy atom. The quantitative estimate of drug-likeness (QED) is 0.874. The Balaban J connectivity index is 3.42. The summed E-state index contributed by atoms with van der Waals surface area (Å²) in [6.07, 6.45) is 3.14. The number of nitrogens with one attached hydrogen (secondary N) is 1. The minimum Gasteiger partial charge on any atom is -0.297 e. The number of aromatic amines is 1. The van der Waals surface area contributed by atoms with Crippen LogP contribution in [0.1, 0.15) is 25.5 Å². The van der Waals surface area contributed by atoms with Gasteiger partial charge in [-0.15, -0.1) is 0 Å². The van der Waals surface area contributed by atoms with Crippen molar-refractivity contribution in [3.05, 3.63) is 37.6 Å². The first-order chi connectivity index (χ1) is 6.56. The number of halogens is 1. The standard InChI is InChI=1S/C9H11BrN2O2/c1-6(2)12-5-7(3-4-10)8(13)11-9(12)14/h3-6H,1-2H3,(H,11,13,14). The zero-order valence-electron chi connectivity index (χ0n) is 7.95. The first kappa shape index (κ1) is 11.0. The average Bonchev–Trinajstić information content (AvgIpc) is 2.09. The molecule has 0 aliphatic heterocycles. The third kappa shape index (κ3) is 2.23. The summed E-state index contributed by atoms with van der Waals surface area (Å²) in [6, 6.07) is 0.0295. The molecule has 0 aromatic carbocycles. The SMILES string of the molecule is CC(C)n1cc(C=CBr)c(=O)[nH]c1=O. The minimum absolute atomic E-state index is 0.0295. The van der Waals surface area contributed by atoms with E-state index >= 15 is 0 Å². The van der Waals surface area contributed by atoms with Gasteiger partial charge in [-0.2, -0.15) is 0 Å². The third-order valence-corrected chi connectivity index (χ3v) is 2.06. The third-order valence-electron chi connectivity index (χ3n) is 1.79. The van der Waals surface area contributed by atoms with Crippen molar-refractivity contribution < 1.29 is 0 Å². The molecular formula is C9H11BrN2O2. The van der Waals surface area contributed by atoms with E-state index in [9.17, 15) is 9.59 Å². The fourth-order valence-electron chi connectivity index (χ4n) is 1.07. The molecule has 0 spiro atoms. The van der Waals surface area contributed by atoms with Crippen molar-refractivity contribution >= 4 is 22.0 Å². The maximum Gasteiger partial charge on any atom is 0.328 e. The van der Waals surface area contributed by atoms with E-state index in [0.717, 1.165) is 0 Å². The van der Waals surface area contributed by atoms with E-state index in [1.165, 1.54) is 4.57 Å². The predicted molar refractivity (Wildman–Crippen MR) is 59.7 cm³/mol. The normalized spacial score (nSPS) is 11.4. The molecule has 0 radical (unpaired) electrons. The van der Waals surface area contributed by atoms with Crippen LogP contribution in [-0.4, -0.2) is 9.55 Å². The second-order valence-electron chi connectivity index (χ2n) is 3.14. The number of rotatable bonds is 2. The Morgan fingerprint density at radius 1 is 1.50 bits per heavy atom. The van der Waals surface area contributed by atoms with E-state index in [-0.39, 0.29) is 17.3 Å². The van der Waals surface area contributed by atoms with Crippen LogP contribution in [0, 0.1) is 0 Å². The summed E-state index contributed by atoms with van der Waals surface area (Å²) in [5, 5.41) is 0. The van der Waals surface area contributed by atoms with E-state index in [1.807, 2.05) is 13.8 Å². The van der Waals surface area contributed by atoms with Crippen LogP contribution in [0.15, 0.2) is 20.8 Å². The van der Waals surface area contributed by atoms with Crippen LogP contribution in [0.4, 0.5) is 0 Å². The Kier molecular flexibility index (Phi) is 3.46. The lowest BCUT2D eigenvalue weighted by Gasteiger charge is -2.08. The van der Waals surface area contributed by atoms with Crippen LogP contribution in [-0.2, 0) is 0 Å². The van der Waals surface area contributed by atoms with Crippen LogP contribution < -0.4 is 11.2 Å². The van der Waals surface area contributed by atoms with Gasteiger partial charge in [-0.25, -0.2) is 4.79 Å². The lowest BCUT2D eigenvalue weighted by atomic mass is 10.3. The molecule has 0 amide bonds. The second-order valence-corrected chi connectivity index (χ2v) is 3.67. The predicted octanol–water partition coefficient (Wildman–Crippen LogP) is 1.48. The monoisotopic (exact) mass is 258 g/mol. The molecule has 1 heterocycles. The van der Waals surface area contributed by atoms with E-state index in [4.69, 9.17) is 0 Å². The molecule has 0 atom stereocenters. The Hall–Kier alpha value is -1.10. The summed E-state index contributed by atoms with van der Waals surface area (Å²) in [4.78, 5) is 26.4. The summed E-state index contributed by atoms with van der Waals surface area (Å²) < 4.78 is 1.48. The molecule has 0 aliphatic rings. The summed E-state index contributed by atoms with van der Waals surface area (Å²) in [7, 11) is 0.